The average molecular weight is 567 g/mol. The minimum absolute atomic E-state index is 0.123. The van der Waals surface area contributed by atoms with Gasteiger partial charge in [-0.15, -0.1) is 24.5 Å². The minimum atomic E-state index is -4.80. The van der Waals surface area contributed by atoms with Crippen molar-refractivity contribution >= 4 is 23.2 Å². The number of benzene rings is 2. The molecule has 0 radical (unpaired) electrons. The molecule has 3 aromatic rings. The number of likely N-dealkylation sites (N-methyl/N-ethyl adjacent to an activating group) is 1. The fraction of sp³-hybridized carbons (Fsp3) is 0.346. The number of thiazole rings is 1. The lowest BCUT2D eigenvalue weighted by atomic mass is 10.1. The van der Waals surface area contributed by atoms with E-state index in [1.807, 2.05) is 0 Å². The third-order valence-electron chi connectivity index (χ3n) is 5.36. The van der Waals surface area contributed by atoms with Gasteiger partial charge in [0.25, 0.3) is 5.91 Å². The number of carbonyl (C=O) groups excluding carboxylic acids is 2. The van der Waals surface area contributed by atoms with E-state index in [0.29, 0.717) is 47.1 Å². The molecule has 210 valence electrons. The number of methoxy groups -OCH3 is 2. The molecule has 0 bridgehead atoms. The molecule has 0 fully saturated rings. The Labute approximate surface area is 227 Å². The number of halogens is 3. The molecule has 0 unspecified atom stereocenters. The number of amides is 2. The molecule has 0 atom stereocenters. The van der Waals surface area contributed by atoms with Gasteiger partial charge in [0.05, 0.1) is 32.0 Å². The zero-order valence-electron chi connectivity index (χ0n) is 21.9. The van der Waals surface area contributed by atoms with Crippen LogP contribution in [0.2, 0.25) is 0 Å². The normalized spacial score (nSPS) is 11.9. The van der Waals surface area contributed by atoms with Crippen molar-refractivity contribution in [3.63, 3.8) is 0 Å². The van der Waals surface area contributed by atoms with Crippen molar-refractivity contribution in [2.75, 3.05) is 41.4 Å². The van der Waals surface area contributed by atoms with E-state index in [1.54, 1.807) is 47.1 Å². The van der Waals surface area contributed by atoms with E-state index in [9.17, 15) is 22.8 Å². The monoisotopic (exact) mass is 566 g/mol. The lowest BCUT2D eigenvalue weighted by Crippen LogP contribution is -2.34. The number of alkyl halides is 3. The Morgan fingerprint density at radius 1 is 1.05 bits per heavy atom. The first-order valence-electron chi connectivity index (χ1n) is 11.8. The highest BCUT2D eigenvalue weighted by atomic mass is 32.1. The zero-order valence-corrected chi connectivity index (χ0v) is 22.7. The maximum absolute atomic E-state index is 13.1. The molecule has 2 aromatic carbocycles. The number of carbonyl (C=O) groups is 2. The number of hydrogen-bond donors (Lipinski definition) is 1. The SMILES string of the molecule is COc1ccc(C(=O)/N=c2\scc(-c3ccc(OC(F)(F)F)cc3)n2CCCNC(=O)CN(C)C)c(OC)c1. The second-order valence-corrected chi connectivity index (χ2v) is 9.39. The maximum atomic E-state index is 13.1. The third kappa shape index (κ3) is 8.58. The van der Waals surface area contributed by atoms with E-state index in [2.05, 4.69) is 15.0 Å². The first-order chi connectivity index (χ1) is 18.5. The van der Waals surface area contributed by atoms with Crippen LogP contribution in [0.5, 0.6) is 17.2 Å². The minimum Gasteiger partial charge on any atom is -0.497 e. The smallest absolute Gasteiger partial charge is 0.497 e. The van der Waals surface area contributed by atoms with Crippen LogP contribution in [-0.4, -0.2) is 69.0 Å². The third-order valence-corrected chi connectivity index (χ3v) is 6.22. The van der Waals surface area contributed by atoms with Gasteiger partial charge in [-0.05, 0) is 62.5 Å². The molecule has 0 aliphatic rings. The van der Waals surface area contributed by atoms with Crippen molar-refractivity contribution in [3.8, 4) is 28.5 Å². The topological polar surface area (TPSA) is 94.4 Å². The summed E-state index contributed by atoms with van der Waals surface area (Å²) < 4.78 is 54.0. The fourth-order valence-corrected chi connectivity index (χ4v) is 4.56. The second-order valence-electron chi connectivity index (χ2n) is 8.55. The molecule has 13 heteroatoms. The van der Waals surface area contributed by atoms with Crippen LogP contribution in [0, 0.1) is 0 Å². The van der Waals surface area contributed by atoms with E-state index >= 15 is 0 Å². The number of ether oxygens (including phenoxy) is 3. The summed E-state index contributed by atoms with van der Waals surface area (Å²) in [5, 5.41) is 4.60. The number of hydrogen-bond acceptors (Lipinski definition) is 7. The van der Waals surface area contributed by atoms with Crippen LogP contribution in [0.3, 0.4) is 0 Å². The quantitative estimate of drug-likeness (QED) is 0.354. The Balaban J connectivity index is 1.92. The molecule has 0 spiro atoms. The molecule has 0 aliphatic carbocycles. The van der Waals surface area contributed by atoms with E-state index in [1.165, 1.54) is 49.8 Å². The molecule has 1 heterocycles. The summed E-state index contributed by atoms with van der Waals surface area (Å²) in [4.78, 5) is 31.5. The molecule has 39 heavy (non-hydrogen) atoms. The Hall–Kier alpha value is -3.84. The Morgan fingerprint density at radius 3 is 2.36 bits per heavy atom. The van der Waals surface area contributed by atoms with Gasteiger partial charge < -0.3 is 29.0 Å². The molecule has 0 saturated heterocycles. The summed E-state index contributed by atoms with van der Waals surface area (Å²) in [5.41, 5.74) is 1.49. The number of rotatable bonds is 11. The van der Waals surface area contributed by atoms with Gasteiger partial charge >= 0.3 is 6.36 Å². The predicted octanol–water partition coefficient (Wildman–Crippen LogP) is 3.94. The van der Waals surface area contributed by atoms with Crippen molar-refractivity contribution in [2.24, 2.45) is 4.99 Å². The molecule has 2 amide bonds. The maximum Gasteiger partial charge on any atom is 0.573 e. The molecule has 0 saturated carbocycles. The summed E-state index contributed by atoms with van der Waals surface area (Å²) in [6, 6.07) is 10.2. The number of nitrogens with zero attached hydrogens (tertiary/aromatic N) is 3. The highest BCUT2D eigenvalue weighted by Crippen LogP contribution is 2.28. The Bertz CT molecular complexity index is 1350. The summed E-state index contributed by atoms with van der Waals surface area (Å²) in [7, 11) is 6.52. The van der Waals surface area contributed by atoms with Gasteiger partial charge in [-0.25, -0.2) is 0 Å². The van der Waals surface area contributed by atoms with E-state index in [0.717, 1.165) is 0 Å². The first-order valence-corrected chi connectivity index (χ1v) is 12.7. The molecule has 0 aliphatic heterocycles. The molecule has 1 aromatic heterocycles. The zero-order chi connectivity index (χ0) is 28.6. The summed E-state index contributed by atoms with van der Waals surface area (Å²) in [6.45, 7) is 1.02. The van der Waals surface area contributed by atoms with Gasteiger partial charge in [-0.1, -0.05) is 0 Å². The van der Waals surface area contributed by atoms with Gasteiger partial charge in [0, 0.05) is 24.5 Å². The van der Waals surface area contributed by atoms with E-state index in [4.69, 9.17) is 9.47 Å². The lowest BCUT2D eigenvalue weighted by Gasteiger charge is -2.13. The number of aromatic nitrogens is 1. The highest BCUT2D eigenvalue weighted by molar-refractivity contribution is 7.07. The summed E-state index contributed by atoms with van der Waals surface area (Å²) in [5.74, 6) is -0.183. The van der Waals surface area contributed by atoms with Crippen LogP contribution in [0.4, 0.5) is 13.2 Å². The van der Waals surface area contributed by atoms with Crippen molar-refractivity contribution in [3.05, 3.63) is 58.2 Å². The second kappa shape index (κ2) is 13.3. The summed E-state index contributed by atoms with van der Waals surface area (Å²) >= 11 is 1.21. The summed E-state index contributed by atoms with van der Waals surface area (Å²) in [6.07, 6.45) is -4.28. The highest BCUT2D eigenvalue weighted by Gasteiger charge is 2.31. The fourth-order valence-electron chi connectivity index (χ4n) is 3.62. The van der Waals surface area contributed by atoms with Crippen molar-refractivity contribution in [1.29, 1.82) is 0 Å². The largest absolute Gasteiger partial charge is 0.573 e. The van der Waals surface area contributed by atoms with Crippen molar-refractivity contribution in [2.45, 2.75) is 19.3 Å². The van der Waals surface area contributed by atoms with E-state index < -0.39 is 12.3 Å². The molecule has 1 N–H and O–H groups in total. The van der Waals surface area contributed by atoms with Gasteiger partial charge in [0.1, 0.15) is 17.2 Å². The molecular weight excluding hydrogens is 537 g/mol. The van der Waals surface area contributed by atoms with Crippen LogP contribution >= 0.6 is 11.3 Å². The Kier molecular flexibility index (Phi) is 10.1. The van der Waals surface area contributed by atoms with Crippen LogP contribution in [0.25, 0.3) is 11.3 Å². The van der Waals surface area contributed by atoms with Gasteiger partial charge in [0.15, 0.2) is 4.80 Å². The van der Waals surface area contributed by atoms with Crippen LogP contribution in [0.1, 0.15) is 16.8 Å². The first kappa shape index (κ1) is 29.7. The molecule has 9 nitrogen and oxygen atoms in total. The standard InChI is InChI=1S/C26H29F3N4O5S/c1-32(2)15-23(34)30-12-5-13-33-21(17-6-8-18(9-7-17)38-26(27,28)29)16-39-25(33)31-24(35)20-11-10-19(36-3)14-22(20)37-4/h6-11,14,16H,5,12-13,15H2,1-4H3,(H,30,34)/b31-25-. The lowest BCUT2D eigenvalue weighted by molar-refractivity contribution is -0.274. The molecular formula is C26H29F3N4O5S. The Morgan fingerprint density at radius 2 is 1.74 bits per heavy atom. The van der Waals surface area contributed by atoms with Gasteiger partial charge in [-0.3, -0.25) is 9.59 Å². The van der Waals surface area contributed by atoms with E-state index in [-0.39, 0.29) is 23.8 Å². The van der Waals surface area contributed by atoms with Crippen molar-refractivity contribution in [1.82, 2.24) is 14.8 Å². The predicted molar refractivity (Wildman–Crippen MR) is 140 cm³/mol. The van der Waals surface area contributed by atoms with Crippen molar-refractivity contribution < 1.29 is 37.0 Å². The van der Waals surface area contributed by atoms with Crippen LogP contribution in [0.15, 0.2) is 52.8 Å². The van der Waals surface area contributed by atoms with Crippen LogP contribution in [-0.2, 0) is 11.3 Å². The average Bonchev–Trinajstić information content (AvgIpc) is 3.27. The van der Waals surface area contributed by atoms with Gasteiger partial charge in [0.2, 0.25) is 5.91 Å². The van der Waals surface area contributed by atoms with Gasteiger partial charge in [-0.2, -0.15) is 4.99 Å². The molecule has 3 rings (SSSR count). The van der Waals surface area contributed by atoms with Crippen LogP contribution < -0.4 is 24.3 Å². The number of nitrogens with one attached hydrogen (secondary N) is 1.